The molecule has 2 aromatic carbocycles. The summed E-state index contributed by atoms with van der Waals surface area (Å²) in [6.45, 7) is 8.56. The summed E-state index contributed by atoms with van der Waals surface area (Å²) in [6.07, 6.45) is 0.901. The molecule has 0 aliphatic carbocycles. The van der Waals surface area contributed by atoms with Gasteiger partial charge in [-0.25, -0.2) is 4.79 Å². The number of carbonyl (C=O) groups excluding carboxylic acids is 4. The van der Waals surface area contributed by atoms with Crippen LogP contribution in [0.1, 0.15) is 37.9 Å². The summed E-state index contributed by atoms with van der Waals surface area (Å²) >= 11 is 0. The predicted octanol–water partition coefficient (Wildman–Crippen LogP) is 3.17. The Kier molecular flexibility index (Phi) is 10.9. The van der Waals surface area contributed by atoms with E-state index < -0.39 is 41.6 Å². The van der Waals surface area contributed by atoms with Crippen LogP contribution in [-0.2, 0) is 30.3 Å². The van der Waals surface area contributed by atoms with Gasteiger partial charge in [-0.05, 0) is 31.9 Å². The smallest absolute Gasteiger partial charge is 0.408 e. The van der Waals surface area contributed by atoms with Gasteiger partial charge >= 0.3 is 12.1 Å². The van der Waals surface area contributed by atoms with Crippen molar-refractivity contribution in [2.75, 3.05) is 20.2 Å². The molecule has 0 aromatic heterocycles. The maximum atomic E-state index is 14.0. The number of ether oxygens (including phenoxy) is 2. The Balaban J connectivity index is 2.46. The molecule has 0 spiro atoms. The minimum Gasteiger partial charge on any atom is -0.468 e. The van der Waals surface area contributed by atoms with Gasteiger partial charge in [-0.15, -0.1) is 6.58 Å². The van der Waals surface area contributed by atoms with Crippen LogP contribution in [0.4, 0.5) is 4.79 Å². The first-order chi connectivity index (χ1) is 17.6. The fourth-order valence-corrected chi connectivity index (χ4v) is 3.60. The zero-order valence-electron chi connectivity index (χ0n) is 21.7. The zero-order chi connectivity index (χ0) is 27.4. The molecule has 0 saturated heterocycles. The number of carbonyl (C=O) groups is 4. The predicted molar refractivity (Wildman–Crippen MR) is 139 cm³/mol. The van der Waals surface area contributed by atoms with Gasteiger partial charge in [-0.2, -0.15) is 0 Å². The molecule has 2 unspecified atom stereocenters. The van der Waals surface area contributed by atoms with Crippen LogP contribution < -0.4 is 10.6 Å². The van der Waals surface area contributed by atoms with E-state index in [0.717, 1.165) is 5.56 Å². The highest BCUT2D eigenvalue weighted by Gasteiger charge is 2.36. The van der Waals surface area contributed by atoms with E-state index in [-0.39, 0.29) is 19.5 Å². The van der Waals surface area contributed by atoms with Crippen LogP contribution >= 0.6 is 0 Å². The summed E-state index contributed by atoms with van der Waals surface area (Å²) in [6, 6.07) is 15.7. The normalized spacial score (nSPS) is 12.4. The van der Waals surface area contributed by atoms with Crippen LogP contribution in [-0.4, -0.2) is 60.6 Å². The number of esters is 1. The number of hydrogen-bond acceptors (Lipinski definition) is 6. The van der Waals surface area contributed by atoms with E-state index in [0.29, 0.717) is 5.56 Å². The molecule has 0 aliphatic heterocycles. The van der Waals surface area contributed by atoms with E-state index in [1.54, 1.807) is 51.1 Å². The third-order valence-corrected chi connectivity index (χ3v) is 5.19. The Morgan fingerprint density at radius 3 is 2.14 bits per heavy atom. The SMILES string of the molecule is C=CCN(C(=O)C(Cc1ccccc1)NC(=O)OC(C)(C)C)C(C(=O)NCC(=O)OC)c1ccccc1. The van der Waals surface area contributed by atoms with Gasteiger partial charge in [0.05, 0.1) is 7.11 Å². The number of nitrogens with zero attached hydrogens (tertiary/aromatic N) is 1. The lowest BCUT2D eigenvalue weighted by Gasteiger charge is -2.33. The van der Waals surface area contributed by atoms with Crippen LogP contribution in [0, 0.1) is 0 Å². The Bertz CT molecular complexity index is 1070. The number of alkyl carbamates (subject to hydrolysis) is 1. The van der Waals surface area contributed by atoms with Crippen molar-refractivity contribution in [3.8, 4) is 0 Å². The summed E-state index contributed by atoms with van der Waals surface area (Å²) in [4.78, 5) is 53.0. The highest BCUT2D eigenvalue weighted by Crippen LogP contribution is 2.23. The maximum absolute atomic E-state index is 14.0. The van der Waals surface area contributed by atoms with Gasteiger partial charge in [0.2, 0.25) is 11.8 Å². The second kappa shape index (κ2) is 13.8. The van der Waals surface area contributed by atoms with Crippen molar-refractivity contribution in [1.82, 2.24) is 15.5 Å². The molecule has 0 bridgehead atoms. The third kappa shape index (κ3) is 9.44. The summed E-state index contributed by atoms with van der Waals surface area (Å²) in [5, 5.41) is 5.21. The lowest BCUT2D eigenvalue weighted by molar-refractivity contribution is -0.144. The fraction of sp³-hybridized carbons (Fsp3) is 0.357. The van der Waals surface area contributed by atoms with Crippen molar-refractivity contribution in [2.24, 2.45) is 0 Å². The highest BCUT2D eigenvalue weighted by molar-refractivity contribution is 5.93. The van der Waals surface area contributed by atoms with Crippen molar-refractivity contribution in [3.63, 3.8) is 0 Å². The molecule has 2 N–H and O–H groups in total. The molecule has 2 atom stereocenters. The first-order valence-corrected chi connectivity index (χ1v) is 11.9. The summed E-state index contributed by atoms with van der Waals surface area (Å²) in [7, 11) is 1.22. The van der Waals surface area contributed by atoms with Crippen molar-refractivity contribution in [2.45, 2.75) is 44.9 Å². The van der Waals surface area contributed by atoms with E-state index in [9.17, 15) is 19.2 Å². The number of rotatable bonds is 11. The van der Waals surface area contributed by atoms with E-state index in [2.05, 4.69) is 21.9 Å². The van der Waals surface area contributed by atoms with Crippen LogP contribution in [0.3, 0.4) is 0 Å². The molecule has 2 rings (SSSR count). The van der Waals surface area contributed by atoms with Crippen LogP contribution in [0.2, 0.25) is 0 Å². The lowest BCUT2D eigenvalue weighted by atomic mass is 10.0. The van der Waals surface area contributed by atoms with Crippen molar-refractivity contribution >= 4 is 23.9 Å². The van der Waals surface area contributed by atoms with E-state index >= 15 is 0 Å². The number of nitrogens with one attached hydrogen (secondary N) is 2. The summed E-state index contributed by atoms with van der Waals surface area (Å²) < 4.78 is 10.0. The second-order valence-corrected chi connectivity index (χ2v) is 9.27. The molecule has 0 fully saturated rings. The minimum atomic E-state index is -1.10. The topological polar surface area (TPSA) is 114 Å². The number of methoxy groups -OCH3 is 1. The maximum Gasteiger partial charge on any atom is 0.408 e. The van der Waals surface area contributed by atoms with Gasteiger partial charge in [-0.1, -0.05) is 66.7 Å². The Morgan fingerprint density at radius 1 is 1.00 bits per heavy atom. The van der Waals surface area contributed by atoms with Gasteiger partial charge in [0, 0.05) is 13.0 Å². The van der Waals surface area contributed by atoms with Crippen LogP contribution in [0.15, 0.2) is 73.3 Å². The average Bonchev–Trinajstić information content (AvgIpc) is 2.86. The Labute approximate surface area is 217 Å². The first-order valence-electron chi connectivity index (χ1n) is 11.9. The molecule has 3 amide bonds. The molecular weight excluding hydrogens is 474 g/mol. The standard InChI is InChI=1S/C28H35N3O6/c1-6-17-31(24(21-15-11-8-12-16-21)25(33)29-19-23(32)36-5)26(34)22(18-20-13-9-7-10-14-20)30-27(35)37-28(2,3)4/h6-16,22,24H,1,17-19H2,2-5H3,(H,29,33)(H,30,35). The quantitative estimate of drug-likeness (QED) is 0.355. The molecule has 0 aliphatic rings. The molecule has 9 nitrogen and oxygen atoms in total. The molecule has 9 heteroatoms. The van der Waals surface area contributed by atoms with Gasteiger partial charge in [0.25, 0.3) is 0 Å². The largest absolute Gasteiger partial charge is 0.468 e. The summed E-state index contributed by atoms with van der Waals surface area (Å²) in [5.74, 6) is -1.73. The van der Waals surface area contributed by atoms with Crippen LogP contribution in [0.25, 0.3) is 0 Å². The number of hydrogen-bond donors (Lipinski definition) is 2. The van der Waals surface area contributed by atoms with E-state index in [1.807, 2.05) is 30.3 Å². The van der Waals surface area contributed by atoms with E-state index in [1.165, 1.54) is 18.1 Å². The molecular formula is C28H35N3O6. The minimum absolute atomic E-state index is 0.00528. The molecule has 0 saturated carbocycles. The fourth-order valence-electron chi connectivity index (χ4n) is 3.60. The molecule has 198 valence electrons. The van der Waals surface area contributed by atoms with Gasteiger partial charge in [0.15, 0.2) is 0 Å². The zero-order valence-corrected chi connectivity index (χ0v) is 21.7. The van der Waals surface area contributed by atoms with Gasteiger partial charge < -0.3 is 25.0 Å². The number of benzene rings is 2. The lowest BCUT2D eigenvalue weighted by Crippen LogP contribution is -2.54. The first kappa shape index (κ1) is 29.1. The highest BCUT2D eigenvalue weighted by atomic mass is 16.6. The Morgan fingerprint density at radius 2 is 1.59 bits per heavy atom. The van der Waals surface area contributed by atoms with Crippen LogP contribution in [0.5, 0.6) is 0 Å². The monoisotopic (exact) mass is 509 g/mol. The Hall–Kier alpha value is -4.14. The van der Waals surface area contributed by atoms with Crippen molar-refractivity contribution in [3.05, 3.63) is 84.4 Å². The molecule has 37 heavy (non-hydrogen) atoms. The second-order valence-electron chi connectivity index (χ2n) is 9.27. The molecule has 0 heterocycles. The van der Waals surface area contributed by atoms with Crippen molar-refractivity contribution in [1.29, 1.82) is 0 Å². The third-order valence-electron chi connectivity index (χ3n) is 5.19. The van der Waals surface area contributed by atoms with E-state index in [4.69, 9.17) is 4.74 Å². The average molecular weight is 510 g/mol. The number of amides is 3. The van der Waals surface area contributed by atoms with Crippen molar-refractivity contribution < 1.29 is 28.7 Å². The van der Waals surface area contributed by atoms with Gasteiger partial charge in [0.1, 0.15) is 24.2 Å². The molecule has 2 aromatic rings. The van der Waals surface area contributed by atoms with Gasteiger partial charge in [-0.3, -0.25) is 14.4 Å². The summed E-state index contributed by atoms with van der Waals surface area (Å²) in [5.41, 5.74) is 0.559. The molecule has 0 radical (unpaired) electrons.